The molecule has 7 heteroatoms. The van der Waals surface area contributed by atoms with Crippen molar-refractivity contribution in [3.8, 4) is 11.3 Å². The Bertz CT molecular complexity index is 1030. The molecular formula is C19H16ClNO4S. The zero-order valence-corrected chi connectivity index (χ0v) is 15.5. The van der Waals surface area contributed by atoms with Crippen LogP contribution < -0.4 is 0 Å². The van der Waals surface area contributed by atoms with Gasteiger partial charge in [0.25, 0.3) is 10.0 Å². The SMILES string of the molecule is CCOC(=O)c1cc(-c2ccccc2)n(S(=O)(=O)c2ccccc2)c1Cl. The average Bonchev–Trinajstić information content (AvgIpc) is 3.01. The van der Waals surface area contributed by atoms with E-state index in [4.69, 9.17) is 16.3 Å². The Morgan fingerprint density at radius 1 is 1.04 bits per heavy atom. The smallest absolute Gasteiger partial charge is 0.341 e. The first kappa shape index (κ1) is 18.2. The van der Waals surface area contributed by atoms with E-state index in [2.05, 4.69) is 0 Å². The van der Waals surface area contributed by atoms with Crippen molar-refractivity contribution in [3.63, 3.8) is 0 Å². The lowest BCUT2D eigenvalue weighted by Crippen LogP contribution is -2.15. The van der Waals surface area contributed by atoms with Crippen LogP contribution in [0.4, 0.5) is 0 Å². The normalized spacial score (nSPS) is 11.3. The van der Waals surface area contributed by atoms with E-state index in [1.165, 1.54) is 18.2 Å². The molecule has 0 atom stereocenters. The summed E-state index contributed by atoms with van der Waals surface area (Å²) in [6, 6.07) is 18.2. The highest BCUT2D eigenvalue weighted by molar-refractivity contribution is 7.90. The van der Waals surface area contributed by atoms with Crippen LogP contribution in [0.25, 0.3) is 11.3 Å². The Balaban J connectivity index is 2.28. The first-order chi connectivity index (χ1) is 12.5. The van der Waals surface area contributed by atoms with Gasteiger partial charge in [0.1, 0.15) is 5.15 Å². The van der Waals surface area contributed by atoms with Crippen LogP contribution in [0.15, 0.2) is 71.6 Å². The summed E-state index contributed by atoms with van der Waals surface area (Å²) in [4.78, 5) is 12.3. The second kappa shape index (κ2) is 7.35. The molecule has 1 heterocycles. The van der Waals surface area contributed by atoms with Crippen molar-refractivity contribution >= 4 is 27.6 Å². The van der Waals surface area contributed by atoms with Crippen molar-refractivity contribution in [1.82, 2.24) is 3.97 Å². The van der Waals surface area contributed by atoms with E-state index in [1.54, 1.807) is 49.4 Å². The van der Waals surface area contributed by atoms with Gasteiger partial charge < -0.3 is 4.74 Å². The highest BCUT2D eigenvalue weighted by Crippen LogP contribution is 2.33. The molecule has 134 valence electrons. The Labute approximate surface area is 156 Å². The van der Waals surface area contributed by atoms with Gasteiger partial charge in [-0.1, -0.05) is 60.1 Å². The van der Waals surface area contributed by atoms with Crippen molar-refractivity contribution in [2.75, 3.05) is 6.61 Å². The highest BCUT2D eigenvalue weighted by atomic mass is 35.5. The molecule has 0 spiro atoms. The van der Waals surface area contributed by atoms with Crippen LogP contribution >= 0.6 is 11.6 Å². The lowest BCUT2D eigenvalue weighted by molar-refractivity contribution is 0.0527. The molecule has 0 saturated carbocycles. The highest BCUT2D eigenvalue weighted by Gasteiger charge is 2.29. The number of hydrogen-bond acceptors (Lipinski definition) is 4. The number of esters is 1. The van der Waals surface area contributed by atoms with Crippen molar-refractivity contribution in [2.24, 2.45) is 0 Å². The molecule has 2 aromatic carbocycles. The Hall–Kier alpha value is -2.57. The molecule has 0 radical (unpaired) electrons. The Morgan fingerprint density at radius 3 is 2.19 bits per heavy atom. The molecule has 0 aliphatic carbocycles. The number of aromatic nitrogens is 1. The standard InChI is InChI=1S/C19H16ClNO4S/c1-2-25-19(22)16-13-17(14-9-5-3-6-10-14)21(18(16)20)26(23,24)15-11-7-4-8-12-15/h3-13H,2H2,1H3. The van der Waals surface area contributed by atoms with E-state index in [-0.39, 0.29) is 22.2 Å². The van der Waals surface area contributed by atoms with Crippen molar-refractivity contribution in [2.45, 2.75) is 11.8 Å². The topological polar surface area (TPSA) is 65.4 Å². The van der Waals surface area contributed by atoms with Crippen LogP contribution in [-0.2, 0) is 14.8 Å². The summed E-state index contributed by atoms with van der Waals surface area (Å²) in [5.41, 5.74) is 0.916. The molecule has 1 aromatic heterocycles. The van der Waals surface area contributed by atoms with Crippen LogP contribution in [0.1, 0.15) is 17.3 Å². The fraction of sp³-hybridized carbons (Fsp3) is 0.105. The molecule has 0 saturated heterocycles. The largest absolute Gasteiger partial charge is 0.462 e. The van der Waals surface area contributed by atoms with Gasteiger partial charge in [-0.3, -0.25) is 0 Å². The van der Waals surface area contributed by atoms with Gasteiger partial charge in [-0.15, -0.1) is 0 Å². The van der Waals surface area contributed by atoms with Gasteiger partial charge in [-0.25, -0.2) is 17.2 Å². The minimum absolute atomic E-state index is 0.00637. The second-order valence-corrected chi connectivity index (χ2v) is 7.55. The molecule has 0 N–H and O–H groups in total. The molecule has 0 amide bonds. The number of carbonyl (C=O) groups is 1. The van der Waals surface area contributed by atoms with E-state index >= 15 is 0 Å². The fourth-order valence-corrected chi connectivity index (χ4v) is 4.50. The third-order valence-corrected chi connectivity index (χ3v) is 5.95. The second-order valence-electron chi connectivity index (χ2n) is 5.40. The van der Waals surface area contributed by atoms with E-state index < -0.39 is 16.0 Å². The number of nitrogens with zero attached hydrogens (tertiary/aromatic N) is 1. The van der Waals surface area contributed by atoms with Crippen LogP contribution in [0.5, 0.6) is 0 Å². The van der Waals surface area contributed by atoms with Gasteiger partial charge in [0, 0.05) is 0 Å². The summed E-state index contributed by atoms with van der Waals surface area (Å²) in [6.07, 6.45) is 0. The number of carbonyl (C=O) groups excluding carboxylic acids is 1. The van der Waals surface area contributed by atoms with E-state index in [0.29, 0.717) is 11.3 Å². The van der Waals surface area contributed by atoms with Crippen LogP contribution in [-0.4, -0.2) is 25.0 Å². The molecule has 0 unspecified atom stereocenters. The predicted molar refractivity (Wildman–Crippen MR) is 99.9 cm³/mol. The lowest BCUT2D eigenvalue weighted by atomic mass is 10.1. The molecule has 0 bridgehead atoms. The van der Waals surface area contributed by atoms with Gasteiger partial charge in [0.05, 0.1) is 22.8 Å². The summed E-state index contributed by atoms with van der Waals surface area (Å²) < 4.78 is 32.3. The lowest BCUT2D eigenvalue weighted by Gasteiger charge is -2.12. The molecule has 26 heavy (non-hydrogen) atoms. The van der Waals surface area contributed by atoms with Crippen molar-refractivity contribution < 1.29 is 17.9 Å². The van der Waals surface area contributed by atoms with Gasteiger partial charge in [-0.05, 0) is 30.7 Å². The molecule has 3 aromatic rings. The van der Waals surface area contributed by atoms with E-state index in [9.17, 15) is 13.2 Å². The molecular weight excluding hydrogens is 374 g/mol. The van der Waals surface area contributed by atoms with Gasteiger partial charge >= 0.3 is 5.97 Å². The predicted octanol–water partition coefficient (Wildman–Crippen LogP) is 4.22. The third kappa shape index (κ3) is 3.25. The molecule has 5 nitrogen and oxygen atoms in total. The number of halogens is 1. The quantitative estimate of drug-likeness (QED) is 0.613. The van der Waals surface area contributed by atoms with E-state index in [1.807, 2.05) is 6.07 Å². The van der Waals surface area contributed by atoms with Gasteiger partial charge in [-0.2, -0.15) is 0 Å². The number of benzene rings is 2. The first-order valence-corrected chi connectivity index (χ1v) is 9.73. The van der Waals surface area contributed by atoms with Crippen LogP contribution in [0.3, 0.4) is 0 Å². The fourth-order valence-electron chi connectivity index (χ4n) is 2.56. The Kier molecular flexibility index (Phi) is 5.15. The minimum Gasteiger partial charge on any atom is -0.462 e. The monoisotopic (exact) mass is 389 g/mol. The zero-order valence-electron chi connectivity index (χ0n) is 13.9. The molecule has 0 fully saturated rings. The number of ether oxygens (including phenoxy) is 1. The van der Waals surface area contributed by atoms with Gasteiger partial charge in [0.15, 0.2) is 0 Å². The van der Waals surface area contributed by atoms with Gasteiger partial charge in [0.2, 0.25) is 0 Å². The maximum atomic E-state index is 13.2. The molecule has 3 rings (SSSR count). The minimum atomic E-state index is -4.00. The summed E-state index contributed by atoms with van der Waals surface area (Å²) in [5.74, 6) is -0.670. The maximum absolute atomic E-state index is 13.2. The van der Waals surface area contributed by atoms with Crippen LogP contribution in [0, 0.1) is 0 Å². The number of hydrogen-bond donors (Lipinski definition) is 0. The van der Waals surface area contributed by atoms with E-state index in [0.717, 1.165) is 3.97 Å². The van der Waals surface area contributed by atoms with Crippen molar-refractivity contribution in [3.05, 3.63) is 77.4 Å². The molecule has 0 aliphatic rings. The Morgan fingerprint density at radius 2 is 1.62 bits per heavy atom. The summed E-state index contributed by atoms with van der Waals surface area (Å²) in [6.45, 7) is 1.83. The number of rotatable bonds is 5. The zero-order chi connectivity index (χ0) is 18.7. The summed E-state index contributed by atoms with van der Waals surface area (Å²) >= 11 is 6.33. The third-order valence-electron chi connectivity index (χ3n) is 3.75. The first-order valence-electron chi connectivity index (χ1n) is 7.91. The van der Waals surface area contributed by atoms with Crippen molar-refractivity contribution in [1.29, 1.82) is 0 Å². The maximum Gasteiger partial charge on any atom is 0.341 e. The summed E-state index contributed by atoms with van der Waals surface area (Å²) in [5, 5.41) is -0.203. The molecule has 0 aliphatic heterocycles. The summed E-state index contributed by atoms with van der Waals surface area (Å²) in [7, 11) is -4.00. The average molecular weight is 390 g/mol. The van der Waals surface area contributed by atoms with Crippen LogP contribution in [0.2, 0.25) is 5.15 Å².